The largest absolute Gasteiger partial charge is 0.355 e. The number of amides is 1. The van der Waals surface area contributed by atoms with Crippen LogP contribution in [0.2, 0.25) is 0 Å². The molecule has 3 aromatic rings. The van der Waals surface area contributed by atoms with Crippen molar-refractivity contribution in [2.75, 3.05) is 19.6 Å². The van der Waals surface area contributed by atoms with Crippen molar-refractivity contribution >= 4 is 38.3 Å². The minimum absolute atomic E-state index is 0.122. The van der Waals surface area contributed by atoms with Crippen LogP contribution < -0.4 is 5.32 Å². The second-order valence-corrected chi connectivity index (χ2v) is 10.1. The Kier molecular flexibility index (Phi) is 5.47. The molecule has 1 amide bonds. The fraction of sp³-hybridized carbons (Fsp3) is 0.368. The number of thiophene rings is 1. The number of hydrogen-bond acceptors (Lipinski definition) is 5. The number of hydrogen-bond donors (Lipinski definition) is 2. The number of fused-ring (bicyclic) bond motifs is 1. The normalized spacial score (nSPS) is 15.3. The molecule has 0 spiro atoms. The lowest BCUT2D eigenvalue weighted by molar-refractivity contribution is -0.120. The smallest absolute Gasteiger partial charge is 0.252 e. The maximum atomic E-state index is 12.6. The van der Waals surface area contributed by atoms with Crippen molar-refractivity contribution in [3.05, 3.63) is 47.1 Å². The van der Waals surface area contributed by atoms with E-state index in [2.05, 4.69) is 15.3 Å². The van der Waals surface area contributed by atoms with E-state index in [-0.39, 0.29) is 12.3 Å². The van der Waals surface area contributed by atoms with Crippen molar-refractivity contribution in [2.45, 2.75) is 29.9 Å². The Balaban J connectivity index is 1.30. The molecular formula is C19H22N4O3S2. The van der Waals surface area contributed by atoms with Crippen molar-refractivity contribution < 1.29 is 13.2 Å². The van der Waals surface area contributed by atoms with Gasteiger partial charge in [-0.05, 0) is 37.1 Å². The zero-order valence-corrected chi connectivity index (χ0v) is 17.0. The number of aromatic nitrogens is 2. The van der Waals surface area contributed by atoms with Crippen LogP contribution in [0.15, 0.2) is 40.6 Å². The van der Waals surface area contributed by atoms with Crippen molar-refractivity contribution in [2.24, 2.45) is 0 Å². The Bertz CT molecular complexity index is 1050. The van der Waals surface area contributed by atoms with Gasteiger partial charge in [0.15, 0.2) is 0 Å². The first-order valence-corrected chi connectivity index (χ1v) is 11.6. The van der Waals surface area contributed by atoms with Crippen LogP contribution in [0, 0.1) is 0 Å². The summed E-state index contributed by atoms with van der Waals surface area (Å²) < 4.78 is 27.0. The van der Waals surface area contributed by atoms with Gasteiger partial charge in [0.25, 0.3) is 10.0 Å². The van der Waals surface area contributed by atoms with Gasteiger partial charge in [-0.1, -0.05) is 12.1 Å². The van der Waals surface area contributed by atoms with Crippen LogP contribution in [0.5, 0.6) is 0 Å². The summed E-state index contributed by atoms with van der Waals surface area (Å²) >= 11 is 1.18. The van der Waals surface area contributed by atoms with Crippen molar-refractivity contribution in [1.82, 2.24) is 19.6 Å². The summed E-state index contributed by atoms with van der Waals surface area (Å²) in [5.41, 5.74) is 1.89. The number of rotatable bonds is 7. The monoisotopic (exact) mass is 418 g/mol. The van der Waals surface area contributed by atoms with Gasteiger partial charge in [0.05, 0.1) is 17.5 Å². The molecule has 148 valence electrons. The van der Waals surface area contributed by atoms with E-state index < -0.39 is 10.0 Å². The number of para-hydroxylation sites is 2. The fourth-order valence-corrected chi connectivity index (χ4v) is 6.34. The predicted molar refractivity (Wildman–Crippen MR) is 109 cm³/mol. The molecule has 1 fully saturated rings. The topological polar surface area (TPSA) is 95.2 Å². The molecule has 0 atom stereocenters. The van der Waals surface area contributed by atoms with E-state index in [0.29, 0.717) is 30.3 Å². The Hall–Kier alpha value is -2.23. The first-order valence-electron chi connectivity index (χ1n) is 9.31. The third kappa shape index (κ3) is 4.11. The molecular weight excluding hydrogens is 396 g/mol. The van der Waals surface area contributed by atoms with Crippen LogP contribution in [0.25, 0.3) is 11.0 Å². The second-order valence-electron chi connectivity index (χ2n) is 6.81. The van der Waals surface area contributed by atoms with Crippen LogP contribution in [0.4, 0.5) is 0 Å². The molecule has 1 saturated heterocycles. The minimum atomic E-state index is -3.41. The van der Waals surface area contributed by atoms with Crippen molar-refractivity contribution in [1.29, 1.82) is 0 Å². The Morgan fingerprint density at radius 1 is 1.18 bits per heavy atom. The van der Waals surface area contributed by atoms with E-state index in [1.807, 2.05) is 24.3 Å². The standard InChI is InChI=1S/C19H22N4O3S2/c24-18(20-10-9-17-21-15-5-1-2-6-16(15)22-17)13-14-7-8-19(27-14)28(25,26)23-11-3-4-12-23/h1-2,5-8H,3-4,9-13H2,(H,20,24)(H,21,22). The van der Waals surface area contributed by atoms with Gasteiger partial charge >= 0.3 is 0 Å². The predicted octanol–water partition coefficient (Wildman–Crippen LogP) is 2.31. The van der Waals surface area contributed by atoms with Crippen LogP contribution in [0.1, 0.15) is 23.5 Å². The lowest BCUT2D eigenvalue weighted by Gasteiger charge is -2.13. The SMILES string of the molecule is O=C(Cc1ccc(S(=O)(=O)N2CCCC2)s1)NCCc1nc2ccccc2[nH]1. The summed E-state index contributed by atoms with van der Waals surface area (Å²) in [4.78, 5) is 20.7. The highest BCUT2D eigenvalue weighted by Gasteiger charge is 2.28. The quantitative estimate of drug-likeness (QED) is 0.616. The zero-order valence-electron chi connectivity index (χ0n) is 15.3. The van der Waals surface area contributed by atoms with E-state index in [4.69, 9.17) is 0 Å². The fourth-order valence-electron chi connectivity index (χ4n) is 3.31. The number of imidazole rings is 1. The third-order valence-corrected chi connectivity index (χ3v) is 8.20. The number of nitrogens with zero attached hydrogens (tertiary/aromatic N) is 2. The molecule has 1 aromatic carbocycles. The zero-order chi connectivity index (χ0) is 19.6. The number of aromatic amines is 1. The lowest BCUT2D eigenvalue weighted by atomic mass is 10.3. The second kappa shape index (κ2) is 8.02. The summed E-state index contributed by atoms with van der Waals surface area (Å²) in [6.07, 6.45) is 2.61. The molecule has 0 aliphatic carbocycles. The summed E-state index contributed by atoms with van der Waals surface area (Å²) in [7, 11) is -3.41. The highest BCUT2D eigenvalue weighted by molar-refractivity contribution is 7.91. The molecule has 2 N–H and O–H groups in total. The number of H-pyrrole nitrogens is 1. The maximum absolute atomic E-state index is 12.6. The maximum Gasteiger partial charge on any atom is 0.252 e. The first kappa shape index (κ1) is 19.1. The molecule has 4 rings (SSSR count). The van der Waals surface area contributed by atoms with E-state index in [1.165, 1.54) is 15.6 Å². The van der Waals surface area contributed by atoms with E-state index in [0.717, 1.165) is 34.6 Å². The lowest BCUT2D eigenvalue weighted by Crippen LogP contribution is -2.27. The van der Waals surface area contributed by atoms with Gasteiger partial charge in [0.2, 0.25) is 5.91 Å². The molecule has 1 aliphatic rings. The molecule has 7 nitrogen and oxygen atoms in total. The number of carbonyl (C=O) groups is 1. The molecule has 9 heteroatoms. The van der Waals surface area contributed by atoms with Crippen LogP contribution >= 0.6 is 11.3 Å². The first-order chi connectivity index (χ1) is 13.5. The molecule has 1 aliphatic heterocycles. The number of nitrogens with one attached hydrogen (secondary N) is 2. The molecule has 3 heterocycles. The highest BCUT2D eigenvalue weighted by Crippen LogP contribution is 2.27. The molecule has 0 radical (unpaired) electrons. The molecule has 0 bridgehead atoms. The molecule has 0 unspecified atom stereocenters. The average molecular weight is 419 g/mol. The Morgan fingerprint density at radius 2 is 1.96 bits per heavy atom. The Labute approximate surface area is 167 Å². The summed E-state index contributed by atoms with van der Waals surface area (Å²) in [5.74, 6) is 0.708. The molecule has 28 heavy (non-hydrogen) atoms. The van der Waals surface area contributed by atoms with Gasteiger partial charge in [-0.2, -0.15) is 4.31 Å². The van der Waals surface area contributed by atoms with Crippen molar-refractivity contribution in [3.8, 4) is 0 Å². The summed E-state index contributed by atoms with van der Waals surface area (Å²) in [6.45, 7) is 1.64. The highest BCUT2D eigenvalue weighted by atomic mass is 32.2. The minimum Gasteiger partial charge on any atom is -0.355 e. The van der Waals surface area contributed by atoms with E-state index in [9.17, 15) is 13.2 Å². The third-order valence-electron chi connectivity index (χ3n) is 4.75. The Morgan fingerprint density at radius 3 is 2.75 bits per heavy atom. The van der Waals surface area contributed by atoms with Crippen molar-refractivity contribution in [3.63, 3.8) is 0 Å². The van der Waals surface area contributed by atoms with Gasteiger partial charge in [-0.25, -0.2) is 13.4 Å². The van der Waals surface area contributed by atoms with Crippen LogP contribution in [-0.2, 0) is 27.7 Å². The number of sulfonamides is 1. The van der Waals surface area contributed by atoms with Gasteiger partial charge < -0.3 is 10.3 Å². The molecule has 0 saturated carbocycles. The molecule has 2 aromatic heterocycles. The van der Waals surface area contributed by atoms with Gasteiger partial charge in [0, 0.05) is 30.9 Å². The van der Waals surface area contributed by atoms with Gasteiger partial charge in [-0.3, -0.25) is 4.79 Å². The van der Waals surface area contributed by atoms with Crippen LogP contribution in [0.3, 0.4) is 0 Å². The average Bonchev–Trinajstić information content (AvgIpc) is 3.42. The van der Waals surface area contributed by atoms with E-state index in [1.54, 1.807) is 12.1 Å². The van der Waals surface area contributed by atoms with Gasteiger partial charge in [-0.15, -0.1) is 11.3 Å². The summed E-state index contributed by atoms with van der Waals surface area (Å²) in [6, 6.07) is 11.1. The van der Waals surface area contributed by atoms with E-state index >= 15 is 0 Å². The number of benzene rings is 1. The number of carbonyl (C=O) groups excluding carboxylic acids is 1. The van der Waals surface area contributed by atoms with Crippen LogP contribution in [-0.4, -0.2) is 48.2 Å². The summed E-state index contributed by atoms with van der Waals surface area (Å²) in [5, 5.41) is 2.87. The van der Waals surface area contributed by atoms with Gasteiger partial charge in [0.1, 0.15) is 10.0 Å².